The van der Waals surface area contributed by atoms with E-state index in [-0.39, 0.29) is 0 Å². The van der Waals surface area contributed by atoms with E-state index in [1.54, 1.807) is 17.5 Å². The number of thiazole rings is 2. The minimum atomic E-state index is 0.552. The van der Waals surface area contributed by atoms with Crippen molar-refractivity contribution in [3.05, 3.63) is 20.6 Å². The van der Waals surface area contributed by atoms with Crippen LogP contribution in [0.2, 0.25) is 4.47 Å². The summed E-state index contributed by atoms with van der Waals surface area (Å²) in [6.07, 6.45) is 1.73. The van der Waals surface area contributed by atoms with Crippen LogP contribution in [0.5, 0.6) is 0 Å². The van der Waals surface area contributed by atoms with Crippen LogP contribution in [0, 0.1) is 0 Å². The first kappa shape index (κ1) is 8.62. The predicted molar refractivity (Wildman–Crippen MR) is 55.9 cm³/mol. The summed E-state index contributed by atoms with van der Waals surface area (Å²) in [5.74, 6) is 0. The second-order valence-corrected chi connectivity index (χ2v) is 5.24. The van der Waals surface area contributed by atoms with Gasteiger partial charge in [-0.2, -0.15) is 0 Å². The summed E-state index contributed by atoms with van der Waals surface area (Å²) in [4.78, 5) is 9.19. The lowest BCUT2D eigenvalue weighted by atomic mass is 10.6. The van der Waals surface area contributed by atoms with Crippen molar-refractivity contribution in [1.82, 2.24) is 9.97 Å². The Morgan fingerprint density at radius 1 is 1.50 bits per heavy atom. The molecule has 2 aromatic heterocycles. The van der Waals surface area contributed by atoms with Crippen LogP contribution in [0.4, 0.5) is 0 Å². The van der Waals surface area contributed by atoms with Gasteiger partial charge in [-0.15, -0.1) is 11.3 Å². The number of halogens is 2. The highest BCUT2D eigenvalue weighted by molar-refractivity contribution is 9.10. The van der Waals surface area contributed by atoms with Crippen molar-refractivity contribution < 1.29 is 0 Å². The summed E-state index contributed by atoms with van der Waals surface area (Å²) < 4.78 is 1.41. The lowest BCUT2D eigenvalue weighted by Crippen LogP contribution is -1.66. The molecule has 0 saturated heterocycles. The average Bonchev–Trinajstić information content (AvgIpc) is 2.58. The topological polar surface area (TPSA) is 25.8 Å². The largest absolute Gasteiger partial charge is 0.233 e. The van der Waals surface area contributed by atoms with E-state index in [0.717, 1.165) is 14.5 Å². The molecule has 0 radical (unpaired) electrons. The highest BCUT2D eigenvalue weighted by Crippen LogP contribution is 2.31. The van der Waals surface area contributed by atoms with E-state index in [1.807, 2.05) is 5.38 Å². The Morgan fingerprint density at radius 3 is 2.83 bits per heavy atom. The summed E-state index contributed by atoms with van der Waals surface area (Å²) in [5, 5.41) is 2.88. The molecule has 0 spiro atoms. The maximum Gasteiger partial charge on any atom is 0.184 e. The summed E-state index contributed by atoms with van der Waals surface area (Å²) in [6.45, 7) is 0. The third-order valence-electron chi connectivity index (χ3n) is 1.16. The van der Waals surface area contributed by atoms with Gasteiger partial charge in [0.25, 0.3) is 0 Å². The van der Waals surface area contributed by atoms with Gasteiger partial charge in [-0.05, 0) is 15.9 Å². The number of nitrogens with zero attached hydrogens (tertiary/aromatic N) is 2. The zero-order chi connectivity index (χ0) is 8.55. The predicted octanol–water partition coefficient (Wildman–Crippen LogP) is 3.68. The Balaban J connectivity index is 2.43. The second kappa shape index (κ2) is 3.41. The van der Waals surface area contributed by atoms with Crippen LogP contribution in [0.15, 0.2) is 16.2 Å². The molecule has 0 saturated carbocycles. The normalized spacial score (nSPS) is 10.5. The molecule has 0 aliphatic carbocycles. The molecule has 0 amide bonds. The smallest absolute Gasteiger partial charge is 0.184 e. The van der Waals surface area contributed by atoms with Crippen LogP contribution in [0.25, 0.3) is 9.88 Å². The molecule has 2 rings (SSSR count). The first-order valence-corrected chi connectivity index (χ1v) is 5.85. The summed E-state index contributed by atoms with van der Waals surface area (Å²) >= 11 is 12.0. The number of hydrogen-bond donors (Lipinski definition) is 0. The van der Waals surface area contributed by atoms with E-state index < -0.39 is 0 Å². The summed E-state index contributed by atoms with van der Waals surface area (Å²) in [7, 11) is 0. The Hall–Kier alpha value is 0.0300. The molecule has 0 aliphatic heterocycles. The Bertz CT molecular complexity index is 359. The SMILES string of the molecule is Clc1ncc(-c2nc(Br)cs2)s1. The monoisotopic (exact) mass is 280 g/mol. The molecule has 2 aromatic rings. The average molecular weight is 282 g/mol. The number of rotatable bonds is 1. The molecule has 0 N–H and O–H groups in total. The van der Waals surface area contributed by atoms with Gasteiger partial charge in [0.2, 0.25) is 0 Å². The molecular weight excluding hydrogens is 280 g/mol. The van der Waals surface area contributed by atoms with Crippen molar-refractivity contribution in [1.29, 1.82) is 0 Å². The minimum Gasteiger partial charge on any atom is -0.233 e. The van der Waals surface area contributed by atoms with Gasteiger partial charge in [0.05, 0.1) is 4.88 Å². The fraction of sp³-hybridized carbons (Fsp3) is 0. The number of hydrogen-bond acceptors (Lipinski definition) is 4. The highest BCUT2D eigenvalue weighted by Gasteiger charge is 2.06. The Morgan fingerprint density at radius 2 is 2.33 bits per heavy atom. The van der Waals surface area contributed by atoms with Crippen LogP contribution in [0.1, 0.15) is 0 Å². The minimum absolute atomic E-state index is 0.552. The van der Waals surface area contributed by atoms with Gasteiger partial charge < -0.3 is 0 Å². The van der Waals surface area contributed by atoms with Crippen LogP contribution >= 0.6 is 50.2 Å². The van der Waals surface area contributed by atoms with Crippen LogP contribution < -0.4 is 0 Å². The van der Waals surface area contributed by atoms with Gasteiger partial charge in [0, 0.05) is 11.6 Å². The first-order valence-electron chi connectivity index (χ1n) is 2.98. The summed E-state index contributed by atoms with van der Waals surface area (Å²) in [5.41, 5.74) is 0. The van der Waals surface area contributed by atoms with Crippen molar-refractivity contribution in [2.75, 3.05) is 0 Å². The van der Waals surface area contributed by atoms with E-state index >= 15 is 0 Å². The maximum atomic E-state index is 5.69. The van der Waals surface area contributed by atoms with E-state index in [2.05, 4.69) is 25.9 Å². The van der Waals surface area contributed by atoms with E-state index in [4.69, 9.17) is 11.6 Å². The maximum absolute atomic E-state index is 5.69. The fourth-order valence-corrected chi connectivity index (χ4v) is 2.97. The molecule has 2 nitrogen and oxygen atoms in total. The van der Waals surface area contributed by atoms with Crippen molar-refractivity contribution in [2.45, 2.75) is 0 Å². The molecule has 2 heterocycles. The summed E-state index contributed by atoms with van der Waals surface area (Å²) in [6, 6.07) is 0. The van der Waals surface area contributed by atoms with Gasteiger partial charge in [0.1, 0.15) is 9.61 Å². The van der Waals surface area contributed by atoms with Crippen molar-refractivity contribution in [2.24, 2.45) is 0 Å². The van der Waals surface area contributed by atoms with Crippen LogP contribution in [0.3, 0.4) is 0 Å². The molecule has 12 heavy (non-hydrogen) atoms. The molecule has 0 unspecified atom stereocenters. The lowest BCUT2D eigenvalue weighted by Gasteiger charge is -1.83. The molecule has 0 aromatic carbocycles. The zero-order valence-electron chi connectivity index (χ0n) is 5.62. The van der Waals surface area contributed by atoms with Crippen molar-refractivity contribution >= 4 is 50.2 Å². The van der Waals surface area contributed by atoms with E-state index in [9.17, 15) is 0 Å². The van der Waals surface area contributed by atoms with E-state index in [0.29, 0.717) is 4.47 Å². The van der Waals surface area contributed by atoms with Gasteiger partial charge in [-0.3, -0.25) is 0 Å². The Labute approximate surface area is 90.4 Å². The molecular formula is C6H2BrClN2S2. The standard InChI is InChI=1S/C6H2BrClN2S2/c7-4-2-11-5(10-4)3-1-9-6(8)12-3/h1-2H. The molecule has 0 atom stereocenters. The van der Waals surface area contributed by atoms with Gasteiger partial charge in [-0.1, -0.05) is 22.9 Å². The van der Waals surface area contributed by atoms with E-state index in [1.165, 1.54) is 11.3 Å². The lowest BCUT2D eigenvalue weighted by molar-refractivity contribution is 1.36. The van der Waals surface area contributed by atoms with Gasteiger partial charge >= 0.3 is 0 Å². The molecule has 62 valence electrons. The quantitative estimate of drug-likeness (QED) is 0.797. The highest BCUT2D eigenvalue weighted by atomic mass is 79.9. The Kier molecular flexibility index (Phi) is 2.45. The molecule has 0 fully saturated rings. The first-order chi connectivity index (χ1) is 5.75. The van der Waals surface area contributed by atoms with Gasteiger partial charge in [-0.25, -0.2) is 9.97 Å². The third kappa shape index (κ3) is 1.69. The number of aromatic nitrogens is 2. The van der Waals surface area contributed by atoms with Crippen LogP contribution in [-0.2, 0) is 0 Å². The van der Waals surface area contributed by atoms with Gasteiger partial charge in [0.15, 0.2) is 4.47 Å². The molecule has 0 aliphatic rings. The third-order valence-corrected chi connectivity index (χ3v) is 4.00. The molecule has 6 heteroatoms. The molecule has 0 bridgehead atoms. The zero-order valence-corrected chi connectivity index (χ0v) is 9.60. The van der Waals surface area contributed by atoms with Crippen LogP contribution in [-0.4, -0.2) is 9.97 Å². The van der Waals surface area contributed by atoms with Crippen molar-refractivity contribution in [3.63, 3.8) is 0 Å². The fourth-order valence-electron chi connectivity index (χ4n) is 0.719. The van der Waals surface area contributed by atoms with Crippen molar-refractivity contribution in [3.8, 4) is 9.88 Å². The second-order valence-electron chi connectivity index (χ2n) is 1.95.